The van der Waals surface area contributed by atoms with Crippen LogP contribution in [-0.4, -0.2) is 51.3 Å². The van der Waals surface area contributed by atoms with Gasteiger partial charge in [0, 0.05) is 19.5 Å². The van der Waals surface area contributed by atoms with Crippen molar-refractivity contribution in [2.45, 2.75) is 32.2 Å². The second kappa shape index (κ2) is 5.68. The average Bonchev–Trinajstić information content (AvgIpc) is 2.97. The zero-order valence-electron chi connectivity index (χ0n) is 10.6. The van der Waals surface area contributed by atoms with Gasteiger partial charge >= 0.3 is 12.0 Å². The van der Waals surface area contributed by atoms with E-state index in [1.165, 1.54) is 4.90 Å². The van der Waals surface area contributed by atoms with Gasteiger partial charge in [0.1, 0.15) is 6.04 Å². The number of hydrogen-bond donors (Lipinski definition) is 2. The molecule has 0 unspecified atom stereocenters. The number of aryl methyl sites for hydroxylation is 1. The Balaban J connectivity index is 1.79. The number of carbonyl (C=O) groups excluding carboxylic acids is 1. The fourth-order valence-electron chi connectivity index (χ4n) is 2.09. The number of hydrogen-bond acceptors (Lipinski definition) is 5. The summed E-state index contributed by atoms with van der Waals surface area (Å²) in [6.45, 7) is 2.53. The molecule has 0 radical (unpaired) electrons. The lowest BCUT2D eigenvalue weighted by molar-refractivity contribution is -0.141. The number of nitrogens with one attached hydrogen (secondary N) is 1. The highest BCUT2D eigenvalue weighted by atomic mass is 16.5. The van der Waals surface area contributed by atoms with E-state index in [4.69, 9.17) is 9.63 Å². The van der Waals surface area contributed by atoms with Crippen LogP contribution in [0.1, 0.15) is 24.6 Å². The Morgan fingerprint density at radius 3 is 3.00 bits per heavy atom. The number of likely N-dealkylation sites (tertiary alicyclic amines) is 1. The zero-order chi connectivity index (χ0) is 13.8. The van der Waals surface area contributed by atoms with E-state index in [9.17, 15) is 9.59 Å². The van der Waals surface area contributed by atoms with Crippen molar-refractivity contribution in [3.8, 4) is 0 Å². The van der Waals surface area contributed by atoms with Crippen molar-refractivity contribution in [2.24, 2.45) is 0 Å². The van der Waals surface area contributed by atoms with Crippen LogP contribution < -0.4 is 5.32 Å². The molecule has 2 amide bonds. The lowest BCUT2D eigenvalue weighted by Gasteiger charge is -2.21. The molecule has 104 valence electrons. The summed E-state index contributed by atoms with van der Waals surface area (Å²) >= 11 is 0. The Labute approximate surface area is 109 Å². The van der Waals surface area contributed by atoms with Crippen LogP contribution >= 0.6 is 0 Å². The molecule has 19 heavy (non-hydrogen) atoms. The van der Waals surface area contributed by atoms with Crippen molar-refractivity contribution in [2.75, 3.05) is 13.1 Å². The number of carbonyl (C=O) groups is 2. The van der Waals surface area contributed by atoms with Gasteiger partial charge in [-0.05, 0) is 19.8 Å². The summed E-state index contributed by atoms with van der Waals surface area (Å²) in [6.07, 6.45) is 1.65. The largest absolute Gasteiger partial charge is 0.480 e. The molecule has 1 aromatic rings. The van der Waals surface area contributed by atoms with Gasteiger partial charge < -0.3 is 19.8 Å². The van der Waals surface area contributed by atoms with Gasteiger partial charge in [-0.25, -0.2) is 9.59 Å². The molecule has 0 aliphatic carbocycles. The number of carboxylic acids is 1. The Bertz CT molecular complexity index is 473. The summed E-state index contributed by atoms with van der Waals surface area (Å²) in [5.74, 6) is 0.0426. The predicted octanol–water partition coefficient (Wildman–Crippen LogP) is 0.179. The minimum atomic E-state index is -0.958. The molecule has 8 nitrogen and oxygen atoms in total. The number of rotatable bonds is 4. The van der Waals surface area contributed by atoms with Crippen LogP contribution in [0, 0.1) is 6.92 Å². The summed E-state index contributed by atoms with van der Waals surface area (Å²) in [5.41, 5.74) is 0. The van der Waals surface area contributed by atoms with E-state index < -0.39 is 12.0 Å². The van der Waals surface area contributed by atoms with E-state index in [1.807, 2.05) is 0 Å². The normalized spacial score (nSPS) is 18.6. The highest BCUT2D eigenvalue weighted by molar-refractivity contribution is 5.83. The zero-order valence-corrected chi connectivity index (χ0v) is 10.6. The fourth-order valence-corrected chi connectivity index (χ4v) is 2.09. The van der Waals surface area contributed by atoms with E-state index in [2.05, 4.69) is 15.5 Å². The van der Waals surface area contributed by atoms with Gasteiger partial charge in [-0.15, -0.1) is 0 Å². The third-order valence-electron chi connectivity index (χ3n) is 2.98. The van der Waals surface area contributed by atoms with Gasteiger partial charge in [0.15, 0.2) is 5.82 Å². The molecule has 2 N–H and O–H groups in total. The summed E-state index contributed by atoms with van der Waals surface area (Å²) in [6, 6.07) is -1.08. The average molecular weight is 268 g/mol. The standard InChI is InChI=1S/C11H16N4O4/c1-7-13-9(19-14-7)4-5-12-11(18)15-6-2-3-8(15)10(16)17/h8H,2-6H2,1H3,(H,12,18)(H,16,17)/t8-/m0/s1. The molecule has 0 aromatic carbocycles. The van der Waals surface area contributed by atoms with Gasteiger partial charge in [0.25, 0.3) is 0 Å². The molecule has 1 fully saturated rings. The molecule has 0 saturated carbocycles. The van der Waals surface area contributed by atoms with Gasteiger partial charge in [-0.3, -0.25) is 0 Å². The van der Waals surface area contributed by atoms with Gasteiger partial charge in [-0.1, -0.05) is 5.16 Å². The Morgan fingerprint density at radius 1 is 1.58 bits per heavy atom. The first-order valence-electron chi connectivity index (χ1n) is 6.14. The quantitative estimate of drug-likeness (QED) is 0.806. The summed E-state index contributed by atoms with van der Waals surface area (Å²) < 4.78 is 4.91. The van der Waals surface area contributed by atoms with Crippen LogP contribution in [0.2, 0.25) is 0 Å². The van der Waals surface area contributed by atoms with Crippen molar-refractivity contribution in [1.29, 1.82) is 0 Å². The molecular formula is C11H16N4O4. The van der Waals surface area contributed by atoms with Crippen molar-refractivity contribution in [3.63, 3.8) is 0 Å². The Kier molecular flexibility index (Phi) is 3.98. The highest BCUT2D eigenvalue weighted by Crippen LogP contribution is 2.17. The molecule has 0 spiro atoms. The van der Waals surface area contributed by atoms with Crippen molar-refractivity contribution in [3.05, 3.63) is 11.7 Å². The minimum Gasteiger partial charge on any atom is -0.480 e. The third kappa shape index (κ3) is 3.21. The molecular weight excluding hydrogens is 252 g/mol. The first kappa shape index (κ1) is 13.3. The smallest absolute Gasteiger partial charge is 0.326 e. The number of carboxylic acid groups (broad SMARTS) is 1. The first-order chi connectivity index (χ1) is 9.08. The molecule has 2 heterocycles. The third-order valence-corrected chi connectivity index (χ3v) is 2.98. The van der Waals surface area contributed by atoms with Crippen LogP contribution in [0.5, 0.6) is 0 Å². The molecule has 1 aliphatic heterocycles. The highest BCUT2D eigenvalue weighted by Gasteiger charge is 2.33. The maximum Gasteiger partial charge on any atom is 0.326 e. The number of nitrogens with zero attached hydrogens (tertiary/aromatic N) is 3. The predicted molar refractivity (Wildman–Crippen MR) is 63.5 cm³/mol. The lowest BCUT2D eigenvalue weighted by Crippen LogP contribution is -2.46. The number of aliphatic carboxylic acids is 1. The molecule has 1 saturated heterocycles. The Hall–Kier alpha value is -2.12. The summed E-state index contributed by atoms with van der Waals surface area (Å²) in [4.78, 5) is 28.2. The van der Waals surface area contributed by atoms with E-state index in [0.29, 0.717) is 44.1 Å². The SMILES string of the molecule is Cc1noc(CCNC(=O)N2CCC[C@H]2C(=O)O)n1. The fraction of sp³-hybridized carbons (Fsp3) is 0.636. The minimum absolute atomic E-state index is 0.337. The lowest BCUT2D eigenvalue weighted by atomic mass is 10.2. The van der Waals surface area contributed by atoms with Crippen LogP contribution in [0.25, 0.3) is 0 Å². The molecule has 8 heteroatoms. The maximum absolute atomic E-state index is 11.8. The van der Waals surface area contributed by atoms with Gasteiger partial charge in [0.2, 0.25) is 5.89 Å². The van der Waals surface area contributed by atoms with Gasteiger partial charge in [-0.2, -0.15) is 4.98 Å². The second-order valence-corrected chi connectivity index (χ2v) is 4.41. The van der Waals surface area contributed by atoms with Crippen LogP contribution in [-0.2, 0) is 11.2 Å². The van der Waals surface area contributed by atoms with E-state index in [1.54, 1.807) is 6.92 Å². The second-order valence-electron chi connectivity index (χ2n) is 4.41. The van der Waals surface area contributed by atoms with Crippen molar-refractivity contribution < 1.29 is 19.2 Å². The van der Waals surface area contributed by atoms with Gasteiger partial charge in [0.05, 0.1) is 0 Å². The first-order valence-corrected chi connectivity index (χ1v) is 6.14. The van der Waals surface area contributed by atoms with Crippen molar-refractivity contribution >= 4 is 12.0 Å². The molecule has 1 aromatic heterocycles. The monoisotopic (exact) mass is 268 g/mol. The van der Waals surface area contributed by atoms with E-state index >= 15 is 0 Å². The van der Waals surface area contributed by atoms with Crippen LogP contribution in [0.4, 0.5) is 4.79 Å². The molecule has 1 atom stereocenters. The molecule has 0 bridgehead atoms. The number of aromatic nitrogens is 2. The van der Waals surface area contributed by atoms with Crippen molar-refractivity contribution in [1.82, 2.24) is 20.4 Å². The number of amides is 2. The summed E-state index contributed by atoms with van der Waals surface area (Å²) in [5, 5.41) is 15.3. The Morgan fingerprint density at radius 2 is 2.37 bits per heavy atom. The number of urea groups is 1. The summed E-state index contributed by atoms with van der Waals surface area (Å²) in [7, 11) is 0. The topological polar surface area (TPSA) is 109 Å². The van der Waals surface area contributed by atoms with E-state index in [-0.39, 0.29) is 6.03 Å². The molecule has 1 aliphatic rings. The van der Waals surface area contributed by atoms with E-state index in [0.717, 1.165) is 0 Å². The van der Waals surface area contributed by atoms with Crippen LogP contribution in [0.15, 0.2) is 4.52 Å². The molecule has 2 rings (SSSR count). The van der Waals surface area contributed by atoms with Crippen LogP contribution in [0.3, 0.4) is 0 Å². The maximum atomic E-state index is 11.8.